The fourth-order valence-corrected chi connectivity index (χ4v) is 3.88. The molecule has 1 heterocycles. The van der Waals surface area contributed by atoms with Crippen LogP contribution in [0.15, 0.2) is 66.7 Å². The summed E-state index contributed by atoms with van der Waals surface area (Å²) in [7, 11) is 0. The van der Waals surface area contributed by atoms with Gasteiger partial charge >= 0.3 is 0 Å². The van der Waals surface area contributed by atoms with E-state index < -0.39 is 5.92 Å². The predicted molar refractivity (Wildman–Crippen MR) is 126 cm³/mol. The summed E-state index contributed by atoms with van der Waals surface area (Å²) in [6, 6.07) is 18.0. The first-order chi connectivity index (χ1) is 15.9. The molecular weight excluding hydrogens is 468 g/mol. The lowest BCUT2D eigenvalue weighted by atomic mass is 10.1. The van der Waals surface area contributed by atoms with Gasteiger partial charge in [0.05, 0.1) is 16.6 Å². The number of amides is 2. The number of anilines is 2. The van der Waals surface area contributed by atoms with E-state index in [4.69, 9.17) is 27.9 Å². The molecule has 0 aromatic heterocycles. The van der Waals surface area contributed by atoms with Crippen molar-refractivity contribution in [3.05, 3.63) is 88.2 Å². The summed E-state index contributed by atoms with van der Waals surface area (Å²) in [5.74, 6) is -0.968. The zero-order valence-electron chi connectivity index (χ0n) is 17.4. The van der Waals surface area contributed by atoms with Gasteiger partial charge in [0.2, 0.25) is 11.8 Å². The van der Waals surface area contributed by atoms with Crippen LogP contribution in [-0.4, -0.2) is 18.4 Å². The molecule has 0 bridgehead atoms. The molecule has 9 heteroatoms. The highest BCUT2D eigenvalue weighted by Gasteiger charge is 2.35. The average Bonchev–Trinajstić information content (AvgIpc) is 3.20. The van der Waals surface area contributed by atoms with Crippen LogP contribution >= 0.6 is 23.2 Å². The molecule has 0 spiro atoms. The summed E-state index contributed by atoms with van der Waals surface area (Å²) >= 11 is 12.4. The van der Waals surface area contributed by atoms with Gasteiger partial charge in [-0.2, -0.15) is 0 Å². The second kappa shape index (κ2) is 10.1. The van der Waals surface area contributed by atoms with Crippen molar-refractivity contribution in [1.29, 1.82) is 0 Å². The van der Waals surface area contributed by atoms with E-state index in [9.17, 15) is 14.0 Å². The molecule has 6 nitrogen and oxygen atoms in total. The van der Waals surface area contributed by atoms with Gasteiger partial charge in [0.15, 0.2) is 0 Å². The molecule has 3 aromatic rings. The molecule has 1 fully saturated rings. The summed E-state index contributed by atoms with van der Waals surface area (Å²) in [4.78, 5) is 26.3. The molecule has 0 unspecified atom stereocenters. The van der Waals surface area contributed by atoms with Gasteiger partial charge in [0, 0.05) is 29.2 Å². The smallest absolute Gasteiger partial charge is 0.243 e. The van der Waals surface area contributed by atoms with Crippen molar-refractivity contribution >= 4 is 46.4 Å². The molecule has 2 amide bonds. The van der Waals surface area contributed by atoms with Gasteiger partial charge in [-0.1, -0.05) is 41.4 Å². The molecule has 1 aliphatic rings. The molecule has 3 aromatic carbocycles. The monoisotopic (exact) mass is 487 g/mol. The molecule has 33 heavy (non-hydrogen) atoms. The standard InChI is InChI=1S/C24H20Cl2FN3O3/c25-20-4-2-1-3-15(20)14-33-22-10-7-18(12-21(22)26)28-29-24(32)16-11-23(31)30(13-16)19-8-5-17(27)6-9-19/h1-10,12,16,28H,11,13-14H2,(H,29,32)/t16-/m1/s1. The van der Waals surface area contributed by atoms with Gasteiger partial charge in [-0.05, 0) is 48.5 Å². The fraction of sp³-hybridized carbons (Fsp3) is 0.167. The topological polar surface area (TPSA) is 70.7 Å². The summed E-state index contributed by atoms with van der Waals surface area (Å²) in [5, 5.41) is 0.970. The largest absolute Gasteiger partial charge is 0.487 e. The number of hydrogen-bond donors (Lipinski definition) is 2. The van der Waals surface area contributed by atoms with Crippen LogP contribution in [0.25, 0.3) is 0 Å². The number of rotatable bonds is 7. The number of carbonyl (C=O) groups is 2. The lowest BCUT2D eigenvalue weighted by Gasteiger charge is -2.17. The number of ether oxygens (including phenoxy) is 1. The van der Waals surface area contributed by atoms with Crippen molar-refractivity contribution < 1.29 is 18.7 Å². The number of nitrogens with one attached hydrogen (secondary N) is 2. The molecular formula is C24H20Cl2FN3O3. The first-order valence-corrected chi connectivity index (χ1v) is 10.9. The Labute approximate surface area is 200 Å². The van der Waals surface area contributed by atoms with Crippen molar-refractivity contribution in [2.75, 3.05) is 16.9 Å². The highest BCUT2D eigenvalue weighted by Crippen LogP contribution is 2.29. The predicted octanol–water partition coefficient (Wildman–Crippen LogP) is 5.21. The zero-order chi connectivity index (χ0) is 23.4. The van der Waals surface area contributed by atoms with Crippen LogP contribution in [0.3, 0.4) is 0 Å². The molecule has 1 saturated heterocycles. The zero-order valence-corrected chi connectivity index (χ0v) is 18.9. The van der Waals surface area contributed by atoms with Crippen LogP contribution in [0.4, 0.5) is 15.8 Å². The Balaban J connectivity index is 1.31. The first-order valence-electron chi connectivity index (χ1n) is 10.2. The van der Waals surface area contributed by atoms with Crippen LogP contribution in [0.5, 0.6) is 5.75 Å². The Hall–Kier alpha value is -3.29. The first kappa shape index (κ1) is 22.9. The molecule has 4 rings (SSSR count). The van der Waals surface area contributed by atoms with E-state index >= 15 is 0 Å². The van der Waals surface area contributed by atoms with E-state index in [1.54, 1.807) is 24.3 Å². The Kier molecular flexibility index (Phi) is 7.01. The summed E-state index contributed by atoms with van der Waals surface area (Å²) in [6.45, 7) is 0.483. The van der Waals surface area contributed by atoms with Crippen LogP contribution in [-0.2, 0) is 16.2 Å². The number of nitrogens with zero attached hydrogens (tertiary/aromatic N) is 1. The van der Waals surface area contributed by atoms with E-state index in [0.29, 0.717) is 27.2 Å². The average molecular weight is 488 g/mol. The fourth-order valence-electron chi connectivity index (χ4n) is 3.46. The summed E-state index contributed by atoms with van der Waals surface area (Å²) < 4.78 is 18.9. The maximum Gasteiger partial charge on any atom is 0.243 e. The summed E-state index contributed by atoms with van der Waals surface area (Å²) in [5.41, 5.74) is 7.37. The van der Waals surface area contributed by atoms with Crippen molar-refractivity contribution in [3.63, 3.8) is 0 Å². The van der Waals surface area contributed by atoms with Gasteiger partial charge < -0.3 is 9.64 Å². The van der Waals surface area contributed by atoms with Crippen LogP contribution in [0.1, 0.15) is 12.0 Å². The Morgan fingerprint density at radius 1 is 1.06 bits per heavy atom. The highest BCUT2D eigenvalue weighted by atomic mass is 35.5. The molecule has 0 radical (unpaired) electrons. The van der Waals surface area contributed by atoms with Crippen molar-refractivity contribution in [1.82, 2.24) is 5.43 Å². The second-order valence-corrected chi connectivity index (χ2v) is 8.34. The van der Waals surface area contributed by atoms with E-state index in [-0.39, 0.29) is 37.2 Å². The Morgan fingerprint density at radius 3 is 2.55 bits per heavy atom. The van der Waals surface area contributed by atoms with Gasteiger partial charge in [-0.3, -0.25) is 20.4 Å². The molecule has 2 N–H and O–H groups in total. The number of carbonyl (C=O) groups excluding carboxylic acids is 2. The lowest BCUT2D eigenvalue weighted by molar-refractivity contribution is -0.125. The van der Waals surface area contributed by atoms with E-state index in [0.717, 1.165) is 5.56 Å². The molecule has 170 valence electrons. The molecule has 1 aliphatic heterocycles. The third-order valence-corrected chi connectivity index (χ3v) is 5.90. The van der Waals surface area contributed by atoms with Crippen LogP contribution in [0.2, 0.25) is 10.0 Å². The Morgan fingerprint density at radius 2 is 1.82 bits per heavy atom. The van der Waals surface area contributed by atoms with Crippen molar-refractivity contribution in [3.8, 4) is 5.75 Å². The minimum Gasteiger partial charge on any atom is -0.487 e. The van der Waals surface area contributed by atoms with Crippen molar-refractivity contribution in [2.24, 2.45) is 5.92 Å². The SMILES string of the molecule is O=C(NNc1ccc(OCc2ccccc2Cl)c(Cl)c1)[C@@H]1CC(=O)N(c2ccc(F)cc2)C1. The maximum absolute atomic E-state index is 13.1. The van der Waals surface area contributed by atoms with Gasteiger partial charge in [-0.15, -0.1) is 0 Å². The van der Waals surface area contributed by atoms with Gasteiger partial charge in [0.25, 0.3) is 0 Å². The second-order valence-electron chi connectivity index (χ2n) is 7.52. The van der Waals surface area contributed by atoms with E-state index in [1.165, 1.54) is 29.2 Å². The number of hydrogen-bond acceptors (Lipinski definition) is 4. The third-order valence-electron chi connectivity index (χ3n) is 5.24. The number of hydrazine groups is 1. The third kappa shape index (κ3) is 5.56. The maximum atomic E-state index is 13.1. The molecule has 1 atom stereocenters. The number of benzene rings is 3. The molecule has 0 saturated carbocycles. The van der Waals surface area contributed by atoms with E-state index in [2.05, 4.69) is 10.9 Å². The van der Waals surface area contributed by atoms with Crippen molar-refractivity contribution in [2.45, 2.75) is 13.0 Å². The van der Waals surface area contributed by atoms with Gasteiger partial charge in [-0.25, -0.2) is 4.39 Å². The lowest BCUT2D eigenvalue weighted by Crippen LogP contribution is -2.36. The molecule has 0 aliphatic carbocycles. The minimum absolute atomic E-state index is 0.0699. The van der Waals surface area contributed by atoms with Gasteiger partial charge in [0.1, 0.15) is 18.2 Å². The quantitative estimate of drug-likeness (QED) is 0.449. The van der Waals surface area contributed by atoms with Crippen LogP contribution in [0, 0.1) is 11.7 Å². The summed E-state index contributed by atoms with van der Waals surface area (Å²) in [6.07, 6.45) is 0.0699. The number of halogens is 3. The van der Waals surface area contributed by atoms with E-state index in [1.807, 2.05) is 18.2 Å². The normalized spacial score (nSPS) is 15.4. The Bertz CT molecular complexity index is 1170. The van der Waals surface area contributed by atoms with Crippen LogP contribution < -0.4 is 20.5 Å². The highest BCUT2D eigenvalue weighted by molar-refractivity contribution is 6.32. The minimum atomic E-state index is -0.538.